The van der Waals surface area contributed by atoms with Crippen LogP contribution in [0.1, 0.15) is 51.9 Å². The summed E-state index contributed by atoms with van der Waals surface area (Å²) in [4.78, 5) is 11.9. The van der Waals surface area contributed by atoms with Crippen molar-refractivity contribution in [1.29, 1.82) is 0 Å². The summed E-state index contributed by atoms with van der Waals surface area (Å²) in [6, 6.07) is 0.0752. The van der Waals surface area contributed by atoms with Crippen LogP contribution in [0, 0.1) is 11.8 Å². The summed E-state index contributed by atoms with van der Waals surface area (Å²) < 4.78 is 0. The fraction of sp³-hybridized carbons (Fsp3) is 0.929. The Labute approximate surface area is 105 Å². The van der Waals surface area contributed by atoms with Crippen LogP contribution in [-0.2, 0) is 4.79 Å². The quantitative estimate of drug-likeness (QED) is 0.790. The van der Waals surface area contributed by atoms with Crippen molar-refractivity contribution in [3.8, 4) is 0 Å². The molecule has 98 valence electrons. The molecule has 0 aromatic carbocycles. The van der Waals surface area contributed by atoms with Crippen LogP contribution < -0.4 is 10.6 Å². The highest BCUT2D eigenvalue weighted by molar-refractivity contribution is 5.81. The highest BCUT2D eigenvalue weighted by Crippen LogP contribution is 2.27. The molecule has 1 saturated heterocycles. The lowest BCUT2D eigenvalue weighted by molar-refractivity contribution is -0.123. The van der Waals surface area contributed by atoms with Crippen LogP contribution in [0.25, 0.3) is 0 Å². The standard InChI is InChI=1S/C14H26N2O/c1-11-5-7-12(8-6-11)10-16-14(17)13-4-2-3-9-15-13/h11-13,15H,2-10H2,1H3,(H,16,17)/t11?,12?,13-/m0/s1. The first-order valence-corrected chi connectivity index (χ1v) is 7.27. The monoisotopic (exact) mass is 238 g/mol. The fourth-order valence-electron chi connectivity index (χ4n) is 2.98. The number of rotatable bonds is 3. The van der Waals surface area contributed by atoms with Gasteiger partial charge in [-0.05, 0) is 44.1 Å². The van der Waals surface area contributed by atoms with Gasteiger partial charge >= 0.3 is 0 Å². The number of hydrogen-bond donors (Lipinski definition) is 2. The lowest BCUT2D eigenvalue weighted by Gasteiger charge is -2.28. The molecule has 1 aliphatic heterocycles. The Morgan fingerprint density at radius 2 is 1.94 bits per heavy atom. The van der Waals surface area contributed by atoms with Crippen molar-refractivity contribution in [2.75, 3.05) is 13.1 Å². The SMILES string of the molecule is CC1CCC(CNC(=O)[C@@H]2CCCCN2)CC1. The summed E-state index contributed by atoms with van der Waals surface area (Å²) in [5, 5.41) is 6.44. The number of hydrogen-bond acceptors (Lipinski definition) is 2. The van der Waals surface area contributed by atoms with Crippen molar-refractivity contribution in [2.45, 2.75) is 57.9 Å². The third kappa shape index (κ3) is 3.98. The Morgan fingerprint density at radius 1 is 1.18 bits per heavy atom. The predicted octanol–water partition coefficient (Wildman–Crippen LogP) is 2.07. The highest BCUT2D eigenvalue weighted by atomic mass is 16.2. The van der Waals surface area contributed by atoms with Crippen LogP contribution in [0.5, 0.6) is 0 Å². The second-order valence-electron chi connectivity index (χ2n) is 5.87. The van der Waals surface area contributed by atoms with E-state index in [9.17, 15) is 4.79 Å². The Balaban J connectivity index is 1.65. The van der Waals surface area contributed by atoms with Gasteiger partial charge in [-0.25, -0.2) is 0 Å². The largest absolute Gasteiger partial charge is 0.354 e. The van der Waals surface area contributed by atoms with E-state index in [0.717, 1.165) is 31.3 Å². The van der Waals surface area contributed by atoms with Crippen molar-refractivity contribution in [3.63, 3.8) is 0 Å². The smallest absolute Gasteiger partial charge is 0.237 e. The second-order valence-corrected chi connectivity index (χ2v) is 5.87. The fourth-order valence-corrected chi connectivity index (χ4v) is 2.98. The van der Waals surface area contributed by atoms with E-state index < -0.39 is 0 Å². The minimum atomic E-state index is 0.0752. The average molecular weight is 238 g/mol. The van der Waals surface area contributed by atoms with Gasteiger partial charge in [0, 0.05) is 6.54 Å². The van der Waals surface area contributed by atoms with E-state index >= 15 is 0 Å². The van der Waals surface area contributed by atoms with Gasteiger partial charge in [0.25, 0.3) is 0 Å². The molecule has 1 aliphatic carbocycles. The molecule has 0 unspecified atom stereocenters. The minimum Gasteiger partial charge on any atom is -0.354 e. The van der Waals surface area contributed by atoms with Gasteiger partial charge in [0.15, 0.2) is 0 Å². The molecule has 2 rings (SSSR count). The number of carbonyl (C=O) groups is 1. The first kappa shape index (κ1) is 12.9. The van der Waals surface area contributed by atoms with E-state index in [-0.39, 0.29) is 11.9 Å². The molecule has 2 N–H and O–H groups in total. The van der Waals surface area contributed by atoms with E-state index in [0.29, 0.717) is 0 Å². The van der Waals surface area contributed by atoms with E-state index in [2.05, 4.69) is 17.6 Å². The number of piperidine rings is 1. The maximum atomic E-state index is 11.9. The Morgan fingerprint density at radius 3 is 2.59 bits per heavy atom. The van der Waals surface area contributed by atoms with Gasteiger partial charge in [0.1, 0.15) is 0 Å². The molecule has 0 bridgehead atoms. The van der Waals surface area contributed by atoms with Crippen molar-refractivity contribution in [2.24, 2.45) is 11.8 Å². The maximum Gasteiger partial charge on any atom is 0.237 e. The molecular formula is C14H26N2O. The molecule has 2 fully saturated rings. The summed E-state index contributed by atoms with van der Waals surface area (Å²) in [7, 11) is 0. The summed E-state index contributed by atoms with van der Waals surface area (Å²) in [6.45, 7) is 4.23. The highest BCUT2D eigenvalue weighted by Gasteiger charge is 2.22. The minimum absolute atomic E-state index is 0.0752. The third-order valence-corrected chi connectivity index (χ3v) is 4.33. The molecule has 0 spiro atoms. The van der Waals surface area contributed by atoms with Crippen molar-refractivity contribution in [1.82, 2.24) is 10.6 Å². The van der Waals surface area contributed by atoms with E-state index in [4.69, 9.17) is 0 Å². The number of amides is 1. The third-order valence-electron chi connectivity index (χ3n) is 4.33. The van der Waals surface area contributed by atoms with E-state index in [1.54, 1.807) is 0 Å². The van der Waals surface area contributed by atoms with Crippen LogP contribution in [-0.4, -0.2) is 25.0 Å². The van der Waals surface area contributed by atoms with E-state index in [1.807, 2.05) is 0 Å². The normalized spacial score (nSPS) is 34.3. The molecule has 0 aromatic rings. The van der Waals surface area contributed by atoms with Gasteiger partial charge in [0.2, 0.25) is 5.91 Å². The summed E-state index contributed by atoms with van der Waals surface area (Å²) in [5.74, 6) is 1.84. The Hall–Kier alpha value is -0.570. The van der Waals surface area contributed by atoms with E-state index in [1.165, 1.54) is 38.5 Å². The molecule has 17 heavy (non-hydrogen) atoms. The summed E-state index contributed by atoms with van der Waals surface area (Å²) in [6.07, 6.45) is 8.66. The molecule has 3 nitrogen and oxygen atoms in total. The molecule has 1 amide bonds. The van der Waals surface area contributed by atoms with Crippen molar-refractivity contribution >= 4 is 5.91 Å². The van der Waals surface area contributed by atoms with Gasteiger partial charge in [-0.15, -0.1) is 0 Å². The van der Waals surface area contributed by atoms with Crippen molar-refractivity contribution < 1.29 is 4.79 Å². The zero-order valence-corrected chi connectivity index (χ0v) is 11.0. The lowest BCUT2D eigenvalue weighted by atomic mass is 9.83. The molecule has 1 atom stereocenters. The predicted molar refractivity (Wildman–Crippen MR) is 69.8 cm³/mol. The van der Waals surface area contributed by atoms with Crippen LogP contribution in [0.3, 0.4) is 0 Å². The van der Waals surface area contributed by atoms with Gasteiger partial charge in [-0.2, -0.15) is 0 Å². The average Bonchev–Trinajstić information content (AvgIpc) is 2.39. The number of carbonyl (C=O) groups excluding carboxylic acids is 1. The summed E-state index contributed by atoms with van der Waals surface area (Å²) >= 11 is 0. The van der Waals surface area contributed by atoms with Crippen LogP contribution in [0.15, 0.2) is 0 Å². The molecular weight excluding hydrogens is 212 g/mol. The maximum absolute atomic E-state index is 11.9. The van der Waals surface area contributed by atoms with Crippen molar-refractivity contribution in [3.05, 3.63) is 0 Å². The molecule has 0 radical (unpaired) electrons. The zero-order chi connectivity index (χ0) is 12.1. The molecule has 3 heteroatoms. The van der Waals surface area contributed by atoms with Crippen LogP contribution >= 0.6 is 0 Å². The topological polar surface area (TPSA) is 41.1 Å². The second kappa shape index (κ2) is 6.39. The van der Waals surface area contributed by atoms with Gasteiger partial charge in [-0.3, -0.25) is 4.79 Å². The van der Waals surface area contributed by atoms with Gasteiger partial charge in [-0.1, -0.05) is 26.2 Å². The molecule has 2 aliphatic rings. The first-order valence-electron chi connectivity index (χ1n) is 7.27. The molecule has 0 aromatic heterocycles. The van der Waals surface area contributed by atoms with Gasteiger partial charge in [0.05, 0.1) is 6.04 Å². The first-order chi connectivity index (χ1) is 8.25. The van der Waals surface area contributed by atoms with Crippen LogP contribution in [0.2, 0.25) is 0 Å². The molecule has 1 saturated carbocycles. The lowest BCUT2D eigenvalue weighted by Crippen LogP contribution is -2.47. The Bertz CT molecular complexity index is 241. The number of nitrogens with one attached hydrogen (secondary N) is 2. The molecule has 1 heterocycles. The zero-order valence-electron chi connectivity index (χ0n) is 11.0. The Kier molecular flexibility index (Phi) is 4.84. The summed E-state index contributed by atoms with van der Waals surface area (Å²) in [5.41, 5.74) is 0. The van der Waals surface area contributed by atoms with Crippen LogP contribution in [0.4, 0.5) is 0 Å². The van der Waals surface area contributed by atoms with Gasteiger partial charge < -0.3 is 10.6 Å².